The molecule has 6 heteroatoms. The highest BCUT2D eigenvalue weighted by atomic mass is 32.2. The summed E-state index contributed by atoms with van der Waals surface area (Å²) in [6.45, 7) is 4.92. The van der Waals surface area contributed by atoms with Gasteiger partial charge >= 0.3 is 0 Å². The molecule has 3 aromatic rings. The summed E-state index contributed by atoms with van der Waals surface area (Å²) in [5.74, 6) is -0.292. The van der Waals surface area contributed by atoms with Crippen LogP contribution in [0.25, 0.3) is 0 Å². The van der Waals surface area contributed by atoms with Gasteiger partial charge in [0.1, 0.15) is 0 Å². The SMILES string of the molecule is Cc1ccc([C@H](NC(=O)c2cc(S(=O)(=O)N3CCCCCC3)ccc2C)c2ccccc2)cc1. The van der Waals surface area contributed by atoms with E-state index in [1.54, 1.807) is 16.4 Å². The van der Waals surface area contributed by atoms with Gasteiger partial charge in [-0.3, -0.25) is 4.79 Å². The minimum absolute atomic E-state index is 0.178. The number of hydrogen-bond donors (Lipinski definition) is 1. The van der Waals surface area contributed by atoms with Gasteiger partial charge in [-0.1, -0.05) is 79.1 Å². The Morgan fingerprint density at radius 3 is 2.09 bits per heavy atom. The van der Waals surface area contributed by atoms with Crippen LogP contribution in [0.15, 0.2) is 77.7 Å². The number of aryl methyl sites for hydroxylation is 2. The van der Waals surface area contributed by atoms with Gasteiger partial charge in [0, 0.05) is 18.7 Å². The van der Waals surface area contributed by atoms with E-state index in [0.717, 1.165) is 47.9 Å². The molecule has 0 aliphatic carbocycles. The summed E-state index contributed by atoms with van der Waals surface area (Å²) >= 11 is 0. The minimum Gasteiger partial charge on any atom is -0.341 e. The van der Waals surface area contributed by atoms with E-state index in [-0.39, 0.29) is 16.8 Å². The van der Waals surface area contributed by atoms with Crippen molar-refractivity contribution < 1.29 is 13.2 Å². The molecule has 1 aliphatic rings. The Labute approximate surface area is 202 Å². The summed E-state index contributed by atoms with van der Waals surface area (Å²) in [5.41, 5.74) is 4.19. The fraction of sp³-hybridized carbons (Fsp3) is 0.321. The first-order valence-corrected chi connectivity index (χ1v) is 13.3. The van der Waals surface area contributed by atoms with Gasteiger partial charge < -0.3 is 5.32 Å². The number of amides is 1. The Bertz CT molecular complexity index is 1230. The van der Waals surface area contributed by atoms with Crippen molar-refractivity contribution in [3.05, 3.63) is 101 Å². The van der Waals surface area contributed by atoms with Crippen LogP contribution in [0, 0.1) is 13.8 Å². The van der Waals surface area contributed by atoms with Crippen molar-refractivity contribution in [3.8, 4) is 0 Å². The van der Waals surface area contributed by atoms with E-state index in [0.29, 0.717) is 18.7 Å². The summed E-state index contributed by atoms with van der Waals surface area (Å²) in [4.78, 5) is 13.7. The fourth-order valence-corrected chi connectivity index (χ4v) is 5.95. The third-order valence-electron chi connectivity index (χ3n) is 6.48. The summed E-state index contributed by atoms with van der Waals surface area (Å²) < 4.78 is 28.2. The van der Waals surface area contributed by atoms with Gasteiger partial charge in [-0.2, -0.15) is 4.31 Å². The highest BCUT2D eigenvalue weighted by molar-refractivity contribution is 7.89. The van der Waals surface area contributed by atoms with Crippen LogP contribution < -0.4 is 5.32 Å². The second kappa shape index (κ2) is 10.5. The van der Waals surface area contributed by atoms with Crippen LogP contribution in [0.1, 0.15) is 64.3 Å². The quantitative estimate of drug-likeness (QED) is 0.519. The standard InChI is InChI=1S/C28H32N2O3S/c1-21-12-15-24(16-13-21)27(23-10-6-5-7-11-23)29-28(31)26-20-25(17-14-22(26)2)34(32,33)30-18-8-3-4-9-19-30/h5-7,10-17,20,27H,3-4,8-9,18-19H2,1-2H3,(H,29,31)/t27-/m1/s1. The number of carbonyl (C=O) groups is 1. The Morgan fingerprint density at radius 1 is 0.824 bits per heavy atom. The van der Waals surface area contributed by atoms with Gasteiger partial charge in [-0.25, -0.2) is 8.42 Å². The third-order valence-corrected chi connectivity index (χ3v) is 8.37. The molecule has 0 radical (unpaired) electrons. The van der Waals surface area contributed by atoms with Crippen molar-refractivity contribution in [3.63, 3.8) is 0 Å². The van der Waals surface area contributed by atoms with Crippen LogP contribution in [-0.4, -0.2) is 31.7 Å². The van der Waals surface area contributed by atoms with Gasteiger partial charge in [0.25, 0.3) is 5.91 Å². The van der Waals surface area contributed by atoms with Gasteiger partial charge in [-0.05, 0) is 55.5 Å². The van der Waals surface area contributed by atoms with Crippen LogP contribution in [-0.2, 0) is 10.0 Å². The summed E-state index contributed by atoms with van der Waals surface area (Å²) in [6.07, 6.45) is 3.84. The smallest absolute Gasteiger partial charge is 0.252 e. The van der Waals surface area contributed by atoms with Crippen molar-refractivity contribution in [1.82, 2.24) is 9.62 Å². The lowest BCUT2D eigenvalue weighted by atomic mass is 9.97. The number of carbonyl (C=O) groups excluding carboxylic acids is 1. The van der Waals surface area contributed by atoms with Crippen molar-refractivity contribution in [2.24, 2.45) is 0 Å². The van der Waals surface area contributed by atoms with E-state index in [1.165, 1.54) is 6.07 Å². The summed E-state index contributed by atoms with van der Waals surface area (Å²) in [5, 5.41) is 3.15. The molecule has 5 nitrogen and oxygen atoms in total. The number of sulfonamides is 1. The molecule has 0 unspecified atom stereocenters. The van der Waals surface area contributed by atoms with E-state index < -0.39 is 10.0 Å². The lowest BCUT2D eigenvalue weighted by Gasteiger charge is -2.22. The molecule has 0 bridgehead atoms. The number of nitrogens with zero attached hydrogens (tertiary/aromatic N) is 1. The molecule has 0 aromatic heterocycles. The zero-order valence-electron chi connectivity index (χ0n) is 19.8. The maximum Gasteiger partial charge on any atom is 0.252 e. The molecule has 1 atom stereocenters. The maximum atomic E-state index is 13.5. The predicted octanol–water partition coefficient (Wildman–Crippen LogP) is 5.39. The van der Waals surface area contributed by atoms with Crippen LogP contribution in [0.4, 0.5) is 0 Å². The Balaban J connectivity index is 1.65. The van der Waals surface area contributed by atoms with Crippen molar-refractivity contribution >= 4 is 15.9 Å². The topological polar surface area (TPSA) is 66.5 Å². The first-order valence-electron chi connectivity index (χ1n) is 11.9. The molecular weight excluding hydrogens is 444 g/mol. The molecule has 1 heterocycles. The van der Waals surface area contributed by atoms with E-state index in [9.17, 15) is 13.2 Å². The normalized spacial score (nSPS) is 15.9. The van der Waals surface area contributed by atoms with Crippen LogP contribution in [0.3, 0.4) is 0 Å². The van der Waals surface area contributed by atoms with Gasteiger partial charge in [0.05, 0.1) is 10.9 Å². The molecule has 1 N–H and O–H groups in total. The highest BCUT2D eigenvalue weighted by Gasteiger charge is 2.27. The molecule has 3 aromatic carbocycles. The average Bonchev–Trinajstić information content (AvgIpc) is 3.14. The van der Waals surface area contributed by atoms with Crippen LogP contribution >= 0.6 is 0 Å². The lowest BCUT2D eigenvalue weighted by molar-refractivity contribution is 0.0942. The molecule has 1 amide bonds. The summed E-state index contributed by atoms with van der Waals surface area (Å²) in [7, 11) is -3.64. The van der Waals surface area contributed by atoms with Gasteiger partial charge in [0.2, 0.25) is 10.0 Å². The first-order chi connectivity index (χ1) is 16.4. The number of nitrogens with one attached hydrogen (secondary N) is 1. The fourth-order valence-electron chi connectivity index (χ4n) is 4.41. The highest BCUT2D eigenvalue weighted by Crippen LogP contribution is 2.26. The van der Waals surface area contributed by atoms with Crippen molar-refractivity contribution in [2.45, 2.75) is 50.5 Å². The molecule has 1 saturated heterocycles. The molecule has 34 heavy (non-hydrogen) atoms. The van der Waals surface area contributed by atoms with E-state index in [1.807, 2.05) is 68.4 Å². The second-order valence-electron chi connectivity index (χ2n) is 9.02. The summed E-state index contributed by atoms with van der Waals surface area (Å²) in [6, 6.07) is 22.4. The Hall–Kier alpha value is -2.96. The lowest BCUT2D eigenvalue weighted by Crippen LogP contribution is -2.33. The third kappa shape index (κ3) is 5.40. The number of rotatable bonds is 6. The molecule has 0 spiro atoms. The van der Waals surface area contributed by atoms with Crippen LogP contribution in [0.2, 0.25) is 0 Å². The van der Waals surface area contributed by atoms with E-state index in [2.05, 4.69) is 5.32 Å². The Kier molecular flexibility index (Phi) is 7.49. The zero-order chi connectivity index (χ0) is 24.1. The molecule has 1 aliphatic heterocycles. The largest absolute Gasteiger partial charge is 0.341 e. The van der Waals surface area contributed by atoms with Gasteiger partial charge in [-0.15, -0.1) is 0 Å². The van der Waals surface area contributed by atoms with Crippen molar-refractivity contribution in [2.75, 3.05) is 13.1 Å². The van der Waals surface area contributed by atoms with E-state index >= 15 is 0 Å². The maximum absolute atomic E-state index is 13.5. The monoisotopic (exact) mass is 476 g/mol. The predicted molar refractivity (Wildman–Crippen MR) is 135 cm³/mol. The molecule has 178 valence electrons. The zero-order valence-corrected chi connectivity index (χ0v) is 20.6. The second-order valence-corrected chi connectivity index (χ2v) is 11.0. The van der Waals surface area contributed by atoms with Crippen LogP contribution in [0.5, 0.6) is 0 Å². The van der Waals surface area contributed by atoms with Gasteiger partial charge in [0.15, 0.2) is 0 Å². The minimum atomic E-state index is -3.64. The molecule has 1 fully saturated rings. The Morgan fingerprint density at radius 2 is 1.44 bits per heavy atom. The molecule has 4 rings (SSSR count). The van der Waals surface area contributed by atoms with E-state index in [4.69, 9.17) is 0 Å². The molecular formula is C28H32N2O3S. The van der Waals surface area contributed by atoms with Crippen molar-refractivity contribution in [1.29, 1.82) is 0 Å². The average molecular weight is 477 g/mol. The number of hydrogen-bond acceptors (Lipinski definition) is 3. The first kappa shape index (κ1) is 24.2. The number of benzene rings is 3. The molecule has 0 saturated carbocycles.